The highest BCUT2D eigenvalue weighted by Crippen LogP contribution is 2.27. The zero-order valence-electron chi connectivity index (χ0n) is 17.8. The van der Waals surface area contributed by atoms with Crippen LogP contribution in [0.25, 0.3) is 6.08 Å². The second-order valence-electron chi connectivity index (χ2n) is 7.63. The lowest BCUT2D eigenvalue weighted by atomic mass is 10.1. The highest BCUT2D eigenvalue weighted by Gasteiger charge is 2.37. The lowest BCUT2D eigenvalue weighted by Gasteiger charge is -2.22. The van der Waals surface area contributed by atoms with E-state index in [1.165, 1.54) is 0 Å². The number of methoxy groups -OCH3 is 1. The normalized spacial score (nSPS) is 18.8. The Bertz CT molecular complexity index is 1050. The smallest absolute Gasteiger partial charge is 0.237 e. The minimum Gasteiger partial charge on any atom is -0.497 e. The van der Waals surface area contributed by atoms with Gasteiger partial charge in [0.15, 0.2) is 0 Å². The Labute approximate surface area is 191 Å². The summed E-state index contributed by atoms with van der Waals surface area (Å²) in [5.41, 5.74) is 1.96. The molecule has 2 atom stereocenters. The van der Waals surface area contributed by atoms with Gasteiger partial charge in [0.05, 0.1) is 19.2 Å². The van der Waals surface area contributed by atoms with Crippen molar-refractivity contribution in [2.24, 2.45) is 0 Å². The number of rotatable bonds is 8. The average molecular weight is 453 g/mol. The SMILES string of the molecule is COc1ccc(/C=C/CN2C[C@H](n3cnnn3)C[C@H]2C(=O)NCc2ccccc2Cl)cc1. The van der Waals surface area contributed by atoms with Crippen LogP contribution in [0.4, 0.5) is 0 Å². The van der Waals surface area contributed by atoms with Crippen molar-refractivity contribution in [2.45, 2.75) is 25.0 Å². The molecule has 0 bridgehead atoms. The number of likely N-dealkylation sites (tertiary alicyclic amines) is 1. The first-order chi connectivity index (χ1) is 15.6. The fourth-order valence-corrected chi connectivity index (χ4v) is 4.06. The first kappa shape index (κ1) is 22.0. The van der Waals surface area contributed by atoms with Gasteiger partial charge < -0.3 is 10.1 Å². The molecule has 2 heterocycles. The van der Waals surface area contributed by atoms with E-state index in [1.54, 1.807) is 18.1 Å². The molecule has 2 aromatic carbocycles. The molecule has 1 amide bonds. The molecule has 0 aliphatic carbocycles. The zero-order valence-corrected chi connectivity index (χ0v) is 18.5. The molecular weight excluding hydrogens is 428 g/mol. The molecule has 1 fully saturated rings. The largest absolute Gasteiger partial charge is 0.497 e. The molecule has 4 rings (SSSR count). The van der Waals surface area contributed by atoms with Crippen LogP contribution < -0.4 is 10.1 Å². The van der Waals surface area contributed by atoms with Crippen LogP contribution in [-0.2, 0) is 11.3 Å². The van der Waals surface area contributed by atoms with E-state index >= 15 is 0 Å². The molecule has 8 nitrogen and oxygen atoms in total. The van der Waals surface area contributed by atoms with E-state index < -0.39 is 0 Å². The van der Waals surface area contributed by atoms with Gasteiger partial charge in [-0.05, 0) is 46.2 Å². The molecule has 0 unspecified atom stereocenters. The summed E-state index contributed by atoms with van der Waals surface area (Å²) in [6, 6.07) is 15.1. The van der Waals surface area contributed by atoms with Gasteiger partial charge in [-0.15, -0.1) is 5.10 Å². The molecule has 0 spiro atoms. The van der Waals surface area contributed by atoms with Crippen LogP contribution >= 0.6 is 11.6 Å². The maximum absolute atomic E-state index is 13.1. The predicted octanol–water partition coefficient (Wildman–Crippen LogP) is 2.98. The number of tetrazole rings is 1. The van der Waals surface area contributed by atoms with Crippen molar-refractivity contribution in [1.29, 1.82) is 0 Å². The zero-order chi connectivity index (χ0) is 22.3. The van der Waals surface area contributed by atoms with Crippen molar-refractivity contribution in [1.82, 2.24) is 30.4 Å². The number of hydrogen-bond acceptors (Lipinski definition) is 6. The van der Waals surface area contributed by atoms with Gasteiger partial charge in [0, 0.05) is 24.7 Å². The third kappa shape index (κ3) is 5.33. The summed E-state index contributed by atoms with van der Waals surface area (Å²) in [4.78, 5) is 15.2. The number of carbonyl (C=O) groups excluding carboxylic acids is 1. The van der Waals surface area contributed by atoms with Crippen LogP contribution in [0.5, 0.6) is 5.75 Å². The van der Waals surface area contributed by atoms with Crippen LogP contribution in [0, 0.1) is 0 Å². The summed E-state index contributed by atoms with van der Waals surface area (Å²) < 4.78 is 6.93. The Balaban J connectivity index is 1.42. The van der Waals surface area contributed by atoms with E-state index in [4.69, 9.17) is 16.3 Å². The van der Waals surface area contributed by atoms with Crippen molar-refractivity contribution < 1.29 is 9.53 Å². The van der Waals surface area contributed by atoms with Crippen LogP contribution in [0.2, 0.25) is 5.02 Å². The van der Waals surface area contributed by atoms with Crippen molar-refractivity contribution in [3.8, 4) is 5.75 Å². The molecule has 0 saturated carbocycles. The number of benzene rings is 2. The van der Waals surface area contributed by atoms with Gasteiger partial charge in [0.25, 0.3) is 0 Å². The Hall–Kier alpha value is -3.23. The number of halogens is 1. The number of hydrogen-bond donors (Lipinski definition) is 1. The number of nitrogens with one attached hydrogen (secondary N) is 1. The van der Waals surface area contributed by atoms with Gasteiger partial charge in [-0.1, -0.05) is 54.1 Å². The Morgan fingerprint density at radius 2 is 2.06 bits per heavy atom. The van der Waals surface area contributed by atoms with Gasteiger partial charge >= 0.3 is 0 Å². The molecule has 3 aromatic rings. The summed E-state index contributed by atoms with van der Waals surface area (Å²) in [5.74, 6) is 0.791. The topological polar surface area (TPSA) is 85.2 Å². The number of nitrogens with zero attached hydrogens (tertiary/aromatic N) is 5. The molecule has 1 aliphatic heterocycles. The highest BCUT2D eigenvalue weighted by molar-refractivity contribution is 6.31. The van der Waals surface area contributed by atoms with E-state index in [9.17, 15) is 4.79 Å². The van der Waals surface area contributed by atoms with E-state index in [-0.39, 0.29) is 18.0 Å². The summed E-state index contributed by atoms with van der Waals surface area (Å²) >= 11 is 6.23. The molecule has 1 N–H and O–H groups in total. The molecule has 9 heteroatoms. The standard InChI is InChI=1S/C23H25ClN6O2/c1-32-20-10-8-17(9-11-20)5-4-12-29-15-19(30-16-26-27-28-30)13-22(29)23(31)25-14-18-6-2-3-7-21(18)24/h2-11,16,19,22H,12-15H2,1H3,(H,25,31)/b5-4+/t19-,22+/m1/s1. The van der Waals surface area contributed by atoms with Gasteiger partial charge in [-0.3, -0.25) is 9.69 Å². The fourth-order valence-electron chi connectivity index (χ4n) is 3.86. The molecule has 32 heavy (non-hydrogen) atoms. The average Bonchev–Trinajstić information content (AvgIpc) is 3.49. The summed E-state index contributed by atoms with van der Waals surface area (Å²) in [7, 11) is 1.65. The van der Waals surface area contributed by atoms with Crippen LogP contribution in [0.3, 0.4) is 0 Å². The minimum atomic E-state index is -0.285. The van der Waals surface area contributed by atoms with E-state index in [1.807, 2.05) is 54.6 Å². The molecule has 0 radical (unpaired) electrons. The monoisotopic (exact) mass is 452 g/mol. The summed E-state index contributed by atoms with van der Waals surface area (Å²) in [6.07, 6.45) is 6.34. The maximum Gasteiger partial charge on any atom is 0.237 e. The quantitative estimate of drug-likeness (QED) is 0.565. The number of aromatic nitrogens is 4. The maximum atomic E-state index is 13.1. The second-order valence-corrected chi connectivity index (χ2v) is 8.04. The van der Waals surface area contributed by atoms with E-state index in [2.05, 4.69) is 31.8 Å². The Kier molecular flexibility index (Phi) is 7.14. The Morgan fingerprint density at radius 1 is 1.25 bits per heavy atom. The third-order valence-electron chi connectivity index (χ3n) is 5.60. The first-order valence-corrected chi connectivity index (χ1v) is 10.8. The van der Waals surface area contributed by atoms with E-state index in [0.29, 0.717) is 31.1 Å². The van der Waals surface area contributed by atoms with Gasteiger partial charge in [0.2, 0.25) is 5.91 Å². The van der Waals surface area contributed by atoms with Crippen molar-refractivity contribution >= 4 is 23.6 Å². The summed E-state index contributed by atoms with van der Waals surface area (Å²) in [5, 5.41) is 15.2. The van der Waals surface area contributed by atoms with Gasteiger partial charge in [0.1, 0.15) is 12.1 Å². The summed E-state index contributed by atoms with van der Waals surface area (Å²) in [6.45, 7) is 1.71. The lowest BCUT2D eigenvalue weighted by molar-refractivity contribution is -0.125. The molecule has 1 aliphatic rings. The van der Waals surface area contributed by atoms with E-state index in [0.717, 1.165) is 16.9 Å². The first-order valence-electron chi connectivity index (χ1n) is 10.4. The van der Waals surface area contributed by atoms with Gasteiger partial charge in [-0.25, -0.2) is 4.68 Å². The third-order valence-corrected chi connectivity index (χ3v) is 5.97. The highest BCUT2D eigenvalue weighted by atomic mass is 35.5. The molecule has 1 saturated heterocycles. The van der Waals surface area contributed by atoms with Gasteiger partial charge in [-0.2, -0.15) is 0 Å². The second kappa shape index (κ2) is 10.4. The molecular formula is C23H25ClN6O2. The minimum absolute atomic E-state index is 0.0293. The molecule has 166 valence electrons. The van der Waals surface area contributed by atoms with Crippen molar-refractivity contribution in [3.63, 3.8) is 0 Å². The van der Waals surface area contributed by atoms with Crippen molar-refractivity contribution in [2.75, 3.05) is 20.2 Å². The predicted molar refractivity (Wildman–Crippen MR) is 122 cm³/mol. The van der Waals surface area contributed by atoms with Crippen LogP contribution in [0.1, 0.15) is 23.6 Å². The van der Waals surface area contributed by atoms with Crippen molar-refractivity contribution in [3.05, 3.63) is 77.1 Å². The number of carbonyl (C=O) groups is 1. The number of ether oxygens (including phenoxy) is 1. The fraction of sp³-hybridized carbons (Fsp3) is 0.304. The molecule has 1 aromatic heterocycles. The lowest BCUT2D eigenvalue weighted by Crippen LogP contribution is -2.43. The van der Waals surface area contributed by atoms with Crippen LogP contribution in [0.15, 0.2) is 60.9 Å². The number of amides is 1. The van der Waals surface area contributed by atoms with Crippen LogP contribution in [-0.4, -0.2) is 57.3 Å². The Morgan fingerprint density at radius 3 is 2.78 bits per heavy atom.